The number of methoxy groups -OCH3 is 1. The third-order valence-corrected chi connectivity index (χ3v) is 3.26. The van der Waals surface area contributed by atoms with Crippen LogP contribution in [-0.2, 0) is 11.2 Å². The van der Waals surface area contributed by atoms with E-state index >= 15 is 0 Å². The predicted octanol–water partition coefficient (Wildman–Crippen LogP) is 2.44. The van der Waals surface area contributed by atoms with Crippen LogP contribution in [0.3, 0.4) is 0 Å². The Morgan fingerprint density at radius 1 is 1.35 bits per heavy atom. The average Bonchev–Trinajstić information content (AvgIpc) is 2.36. The quantitative estimate of drug-likeness (QED) is 0.797. The van der Waals surface area contributed by atoms with Crippen molar-refractivity contribution in [3.63, 3.8) is 0 Å². The van der Waals surface area contributed by atoms with Crippen LogP contribution in [0.2, 0.25) is 0 Å². The van der Waals surface area contributed by atoms with Crippen molar-refractivity contribution >= 4 is 0 Å². The van der Waals surface area contributed by atoms with E-state index in [9.17, 15) is 0 Å². The molecule has 0 saturated carbocycles. The highest BCUT2D eigenvalue weighted by molar-refractivity contribution is 5.43. The number of benzene rings is 1. The molecule has 1 unspecified atom stereocenters. The van der Waals surface area contributed by atoms with Crippen LogP contribution in [0.1, 0.15) is 36.4 Å². The third kappa shape index (κ3) is 2.99. The molecule has 0 bridgehead atoms. The molecule has 0 heterocycles. The van der Waals surface area contributed by atoms with Crippen molar-refractivity contribution in [2.75, 3.05) is 20.3 Å². The van der Waals surface area contributed by atoms with Crippen LogP contribution >= 0.6 is 0 Å². The van der Waals surface area contributed by atoms with E-state index < -0.39 is 0 Å². The molecular formula is C14H21NO2. The van der Waals surface area contributed by atoms with Crippen LogP contribution in [0, 0.1) is 0 Å². The van der Waals surface area contributed by atoms with E-state index in [1.165, 1.54) is 11.1 Å². The molecule has 94 valence electrons. The van der Waals surface area contributed by atoms with Crippen LogP contribution in [0.5, 0.6) is 5.75 Å². The summed E-state index contributed by atoms with van der Waals surface area (Å²) in [5.74, 6) is 1.01. The minimum atomic E-state index is 0.182. The molecule has 0 aromatic heterocycles. The summed E-state index contributed by atoms with van der Waals surface area (Å²) < 4.78 is 10.8. The van der Waals surface area contributed by atoms with Crippen LogP contribution < -0.4 is 10.5 Å². The summed E-state index contributed by atoms with van der Waals surface area (Å²) in [5.41, 5.74) is 8.69. The molecular weight excluding hydrogens is 214 g/mol. The van der Waals surface area contributed by atoms with Crippen molar-refractivity contribution in [1.29, 1.82) is 0 Å². The number of nitrogens with two attached hydrogens (primary N) is 1. The molecule has 17 heavy (non-hydrogen) atoms. The van der Waals surface area contributed by atoms with Gasteiger partial charge in [-0.05, 0) is 36.5 Å². The number of fused-ring (bicyclic) bond motifs is 1. The number of ether oxygens (including phenoxy) is 2. The van der Waals surface area contributed by atoms with E-state index in [1.807, 2.05) is 12.1 Å². The summed E-state index contributed by atoms with van der Waals surface area (Å²) in [5, 5.41) is 0. The van der Waals surface area contributed by atoms with Gasteiger partial charge in [0.15, 0.2) is 0 Å². The second kappa shape index (κ2) is 6.03. The van der Waals surface area contributed by atoms with Crippen LogP contribution in [-0.4, -0.2) is 20.3 Å². The van der Waals surface area contributed by atoms with Gasteiger partial charge in [-0.25, -0.2) is 0 Å². The standard InChI is InChI=1S/C14H21NO2/c1-16-9-4-10-17-14-8-3-5-11-12(14)6-2-7-13(11)15/h3,5,8,13H,2,4,6-7,9-10,15H2,1H3. The second-order valence-corrected chi connectivity index (χ2v) is 4.52. The Hall–Kier alpha value is -1.06. The SMILES string of the molecule is COCCCOc1cccc2c1CCCC2N. The van der Waals surface area contributed by atoms with Crippen molar-refractivity contribution in [1.82, 2.24) is 0 Å². The lowest BCUT2D eigenvalue weighted by molar-refractivity contribution is 0.171. The highest BCUT2D eigenvalue weighted by Crippen LogP contribution is 2.33. The lowest BCUT2D eigenvalue weighted by Crippen LogP contribution is -2.18. The Labute approximate surface area is 103 Å². The molecule has 1 aliphatic rings. The molecule has 0 radical (unpaired) electrons. The van der Waals surface area contributed by atoms with Crippen molar-refractivity contribution < 1.29 is 9.47 Å². The summed E-state index contributed by atoms with van der Waals surface area (Å²) in [7, 11) is 1.71. The minimum Gasteiger partial charge on any atom is -0.493 e. The molecule has 0 aliphatic heterocycles. The molecule has 1 aliphatic carbocycles. The first kappa shape index (κ1) is 12.4. The molecule has 3 nitrogen and oxygen atoms in total. The van der Waals surface area contributed by atoms with Crippen molar-refractivity contribution in [2.24, 2.45) is 5.73 Å². The fourth-order valence-corrected chi connectivity index (χ4v) is 2.37. The molecule has 3 heteroatoms. The second-order valence-electron chi connectivity index (χ2n) is 4.52. The zero-order valence-electron chi connectivity index (χ0n) is 10.4. The van der Waals surface area contributed by atoms with Gasteiger partial charge in [-0.3, -0.25) is 0 Å². The highest BCUT2D eigenvalue weighted by atomic mass is 16.5. The number of hydrogen-bond acceptors (Lipinski definition) is 3. The summed E-state index contributed by atoms with van der Waals surface area (Å²) in [6.45, 7) is 1.45. The zero-order valence-corrected chi connectivity index (χ0v) is 10.4. The first-order chi connectivity index (χ1) is 8.33. The van der Waals surface area contributed by atoms with E-state index in [-0.39, 0.29) is 6.04 Å². The van der Waals surface area contributed by atoms with Gasteiger partial charge in [-0.2, -0.15) is 0 Å². The Kier molecular flexibility index (Phi) is 4.40. The zero-order chi connectivity index (χ0) is 12.1. The highest BCUT2D eigenvalue weighted by Gasteiger charge is 2.19. The molecule has 0 fully saturated rings. The normalized spacial score (nSPS) is 18.8. The maximum absolute atomic E-state index is 6.12. The van der Waals surface area contributed by atoms with Gasteiger partial charge < -0.3 is 15.2 Å². The largest absolute Gasteiger partial charge is 0.493 e. The topological polar surface area (TPSA) is 44.5 Å². The van der Waals surface area contributed by atoms with Crippen molar-refractivity contribution in [2.45, 2.75) is 31.7 Å². The fraction of sp³-hybridized carbons (Fsp3) is 0.571. The summed E-state index contributed by atoms with van der Waals surface area (Å²) >= 11 is 0. The van der Waals surface area contributed by atoms with Crippen LogP contribution in [0.25, 0.3) is 0 Å². The molecule has 2 rings (SSSR count). The van der Waals surface area contributed by atoms with E-state index in [1.54, 1.807) is 7.11 Å². The first-order valence-electron chi connectivity index (χ1n) is 6.32. The monoisotopic (exact) mass is 235 g/mol. The smallest absolute Gasteiger partial charge is 0.122 e. The predicted molar refractivity (Wildman–Crippen MR) is 68.3 cm³/mol. The van der Waals surface area contributed by atoms with E-state index in [2.05, 4.69) is 6.07 Å². The van der Waals surface area contributed by atoms with E-state index in [0.717, 1.165) is 38.0 Å². The maximum atomic E-state index is 6.12. The molecule has 1 atom stereocenters. The summed E-state index contributed by atoms with van der Waals surface area (Å²) in [4.78, 5) is 0. The van der Waals surface area contributed by atoms with Crippen LogP contribution in [0.15, 0.2) is 18.2 Å². The lowest BCUT2D eigenvalue weighted by Gasteiger charge is -2.24. The minimum absolute atomic E-state index is 0.182. The van der Waals surface area contributed by atoms with E-state index in [0.29, 0.717) is 6.61 Å². The van der Waals surface area contributed by atoms with Gasteiger partial charge in [-0.15, -0.1) is 0 Å². The Balaban J connectivity index is 2.04. The van der Waals surface area contributed by atoms with Gasteiger partial charge in [0.05, 0.1) is 6.61 Å². The van der Waals surface area contributed by atoms with Gasteiger partial charge in [-0.1, -0.05) is 12.1 Å². The van der Waals surface area contributed by atoms with Gasteiger partial charge in [0, 0.05) is 26.2 Å². The van der Waals surface area contributed by atoms with Crippen molar-refractivity contribution in [3.05, 3.63) is 29.3 Å². The molecule has 1 aromatic rings. The number of rotatable bonds is 5. The third-order valence-electron chi connectivity index (χ3n) is 3.26. The molecule has 0 spiro atoms. The van der Waals surface area contributed by atoms with Crippen molar-refractivity contribution in [3.8, 4) is 5.75 Å². The molecule has 2 N–H and O–H groups in total. The summed E-state index contributed by atoms with van der Waals surface area (Å²) in [6.07, 6.45) is 4.25. The number of hydrogen-bond donors (Lipinski definition) is 1. The molecule has 1 aromatic carbocycles. The Bertz CT molecular complexity index is 365. The van der Waals surface area contributed by atoms with Crippen LogP contribution in [0.4, 0.5) is 0 Å². The Morgan fingerprint density at radius 2 is 2.24 bits per heavy atom. The lowest BCUT2D eigenvalue weighted by atomic mass is 9.87. The maximum Gasteiger partial charge on any atom is 0.122 e. The van der Waals surface area contributed by atoms with Gasteiger partial charge in [0.25, 0.3) is 0 Å². The Morgan fingerprint density at radius 3 is 3.06 bits per heavy atom. The average molecular weight is 235 g/mol. The van der Waals surface area contributed by atoms with Gasteiger partial charge >= 0.3 is 0 Å². The summed E-state index contributed by atoms with van der Waals surface area (Å²) in [6, 6.07) is 6.39. The fourth-order valence-electron chi connectivity index (χ4n) is 2.37. The van der Waals surface area contributed by atoms with Gasteiger partial charge in [0.1, 0.15) is 5.75 Å². The first-order valence-corrected chi connectivity index (χ1v) is 6.32. The van der Waals surface area contributed by atoms with Gasteiger partial charge in [0.2, 0.25) is 0 Å². The molecule has 0 saturated heterocycles. The van der Waals surface area contributed by atoms with E-state index in [4.69, 9.17) is 15.2 Å². The molecule has 0 amide bonds.